The maximum atomic E-state index is 11.9. The number of halogens is 3. The summed E-state index contributed by atoms with van der Waals surface area (Å²) in [5, 5.41) is 0.647. The van der Waals surface area contributed by atoms with Crippen LogP contribution in [0.3, 0.4) is 0 Å². The Balaban J connectivity index is 2.24. The summed E-state index contributed by atoms with van der Waals surface area (Å²) in [5.41, 5.74) is 0.209. The highest BCUT2D eigenvalue weighted by atomic mass is 79.9. The standard InChI is InChI=1S/C12H6BrCl2NO2/c13-9-6-7(14)3-4-10(9)18-12(17)8-2-1-5-16-11(8)15/h1-6H. The van der Waals surface area contributed by atoms with Crippen LogP contribution in [0.15, 0.2) is 41.0 Å². The Morgan fingerprint density at radius 2 is 2.06 bits per heavy atom. The summed E-state index contributed by atoms with van der Waals surface area (Å²) in [7, 11) is 0. The molecule has 0 spiro atoms. The maximum absolute atomic E-state index is 11.9. The molecule has 6 heteroatoms. The molecular weight excluding hydrogens is 341 g/mol. The van der Waals surface area contributed by atoms with Gasteiger partial charge in [0.25, 0.3) is 0 Å². The molecule has 1 aromatic carbocycles. The Kier molecular flexibility index (Phi) is 4.22. The van der Waals surface area contributed by atoms with Crippen molar-refractivity contribution in [2.75, 3.05) is 0 Å². The Labute approximate surface area is 122 Å². The van der Waals surface area contributed by atoms with Gasteiger partial charge >= 0.3 is 5.97 Å². The largest absolute Gasteiger partial charge is 0.422 e. The first-order valence-corrected chi connectivity index (χ1v) is 6.40. The molecular formula is C12H6BrCl2NO2. The molecule has 1 heterocycles. The molecule has 3 nitrogen and oxygen atoms in total. The van der Waals surface area contributed by atoms with E-state index in [2.05, 4.69) is 20.9 Å². The van der Waals surface area contributed by atoms with Gasteiger partial charge in [0.2, 0.25) is 0 Å². The third kappa shape index (κ3) is 3.02. The van der Waals surface area contributed by atoms with Crippen molar-refractivity contribution in [2.45, 2.75) is 0 Å². The van der Waals surface area contributed by atoms with Gasteiger partial charge in [0, 0.05) is 11.2 Å². The zero-order chi connectivity index (χ0) is 13.1. The van der Waals surface area contributed by atoms with E-state index in [-0.39, 0.29) is 10.7 Å². The Bertz CT molecular complexity index is 604. The molecule has 0 saturated carbocycles. The first-order chi connectivity index (χ1) is 8.58. The summed E-state index contributed by atoms with van der Waals surface area (Å²) in [6.45, 7) is 0. The highest BCUT2D eigenvalue weighted by Gasteiger charge is 2.14. The van der Waals surface area contributed by atoms with E-state index in [1.165, 1.54) is 6.20 Å². The molecule has 0 radical (unpaired) electrons. The lowest BCUT2D eigenvalue weighted by Gasteiger charge is -2.07. The van der Waals surface area contributed by atoms with Crippen LogP contribution in [0.1, 0.15) is 10.4 Å². The fraction of sp³-hybridized carbons (Fsp3) is 0. The van der Waals surface area contributed by atoms with Crippen LogP contribution in [0.2, 0.25) is 10.2 Å². The number of ether oxygens (including phenoxy) is 1. The number of carbonyl (C=O) groups is 1. The topological polar surface area (TPSA) is 39.2 Å². The smallest absolute Gasteiger partial charge is 0.346 e. The summed E-state index contributed by atoms with van der Waals surface area (Å²) >= 11 is 14.9. The van der Waals surface area contributed by atoms with Gasteiger partial charge in [-0.05, 0) is 46.3 Å². The fourth-order valence-corrected chi connectivity index (χ4v) is 2.21. The number of hydrogen-bond acceptors (Lipinski definition) is 3. The lowest BCUT2D eigenvalue weighted by Crippen LogP contribution is -2.10. The van der Waals surface area contributed by atoms with Crippen molar-refractivity contribution in [2.24, 2.45) is 0 Å². The zero-order valence-electron chi connectivity index (χ0n) is 8.86. The van der Waals surface area contributed by atoms with Gasteiger partial charge in [-0.2, -0.15) is 0 Å². The number of hydrogen-bond donors (Lipinski definition) is 0. The van der Waals surface area contributed by atoms with Crippen LogP contribution in [0.5, 0.6) is 5.75 Å². The number of carbonyl (C=O) groups excluding carboxylic acids is 1. The van der Waals surface area contributed by atoms with E-state index in [9.17, 15) is 4.79 Å². The normalized spacial score (nSPS) is 10.2. The Morgan fingerprint density at radius 1 is 1.28 bits per heavy atom. The van der Waals surface area contributed by atoms with Crippen molar-refractivity contribution < 1.29 is 9.53 Å². The third-order valence-corrected chi connectivity index (χ3v) is 3.23. The predicted octanol–water partition coefficient (Wildman–Crippen LogP) is 4.37. The van der Waals surface area contributed by atoms with Gasteiger partial charge in [-0.15, -0.1) is 0 Å². The Hall–Kier alpha value is -1.10. The second-order valence-corrected chi connectivity index (χ2v) is 4.95. The molecule has 2 rings (SSSR count). The van der Waals surface area contributed by atoms with Crippen LogP contribution in [0.25, 0.3) is 0 Å². The van der Waals surface area contributed by atoms with Crippen molar-refractivity contribution >= 4 is 45.1 Å². The predicted molar refractivity (Wildman–Crippen MR) is 73.4 cm³/mol. The van der Waals surface area contributed by atoms with E-state index in [1.54, 1.807) is 30.3 Å². The second kappa shape index (κ2) is 5.69. The molecule has 0 N–H and O–H groups in total. The van der Waals surface area contributed by atoms with Crippen molar-refractivity contribution in [3.8, 4) is 5.75 Å². The maximum Gasteiger partial charge on any atom is 0.346 e. The van der Waals surface area contributed by atoms with Crippen LogP contribution >= 0.6 is 39.1 Å². The van der Waals surface area contributed by atoms with Gasteiger partial charge in [-0.1, -0.05) is 23.2 Å². The molecule has 0 amide bonds. The monoisotopic (exact) mass is 345 g/mol. The minimum Gasteiger partial charge on any atom is -0.422 e. The lowest BCUT2D eigenvalue weighted by atomic mass is 10.3. The fourth-order valence-electron chi connectivity index (χ4n) is 1.25. The molecule has 0 atom stereocenters. The molecule has 92 valence electrons. The summed E-state index contributed by atoms with van der Waals surface area (Å²) < 4.78 is 5.78. The molecule has 0 bridgehead atoms. The molecule has 0 aliphatic carbocycles. The summed E-state index contributed by atoms with van der Waals surface area (Å²) in [6, 6.07) is 8.00. The van der Waals surface area contributed by atoms with Crippen LogP contribution < -0.4 is 4.74 Å². The number of nitrogens with zero attached hydrogens (tertiary/aromatic N) is 1. The highest BCUT2D eigenvalue weighted by molar-refractivity contribution is 9.10. The first-order valence-electron chi connectivity index (χ1n) is 4.85. The van der Waals surface area contributed by atoms with Gasteiger partial charge in [0.05, 0.1) is 10.0 Å². The van der Waals surface area contributed by atoms with E-state index in [4.69, 9.17) is 27.9 Å². The first kappa shape index (κ1) is 13.3. The average Bonchev–Trinajstić information content (AvgIpc) is 2.33. The molecule has 0 unspecified atom stereocenters. The van der Waals surface area contributed by atoms with Crippen molar-refractivity contribution in [1.82, 2.24) is 4.98 Å². The Morgan fingerprint density at radius 3 is 2.72 bits per heavy atom. The van der Waals surface area contributed by atoms with Crippen molar-refractivity contribution in [3.63, 3.8) is 0 Å². The van der Waals surface area contributed by atoms with Gasteiger partial charge in [0.1, 0.15) is 10.9 Å². The molecule has 2 aromatic rings. The van der Waals surface area contributed by atoms with E-state index in [1.807, 2.05) is 0 Å². The molecule has 1 aromatic heterocycles. The third-order valence-electron chi connectivity index (χ3n) is 2.08. The highest BCUT2D eigenvalue weighted by Crippen LogP contribution is 2.29. The van der Waals surface area contributed by atoms with Gasteiger partial charge in [-0.25, -0.2) is 9.78 Å². The van der Waals surface area contributed by atoms with Crippen molar-refractivity contribution in [1.29, 1.82) is 0 Å². The van der Waals surface area contributed by atoms with Crippen LogP contribution in [-0.2, 0) is 0 Å². The molecule has 0 aliphatic heterocycles. The summed E-state index contributed by atoms with van der Waals surface area (Å²) in [6.07, 6.45) is 1.50. The molecule has 0 aliphatic rings. The summed E-state index contributed by atoms with van der Waals surface area (Å²) in [5.74, 6) is -0.208. The average molecular weight is 347 g/mol. The minimum absolute atomic E-state index is 0.104. The summed E-state index contributed by atoms with van der Waals surface area (Å²) in [4.78, 5) is 15.7. The quantitative estimate of drug-likeness (QED) is 0.460. The van der Waals surface area contributed by atoms with Crippen LogP contribution in [0.4, 0.5) is 0 Å². The van der Waals surface area contributed by atoms with Crippen LogP contribution in [-0.4, -0.2) is 11.0 Å². The number of esters is 1. The zero-order valence-corrected chi connectivity index (χ0v) is 12.0. The SMILES string of the molecule is O=C(Oc1ccc(Cl)cc1Br)c1cccnc1Cl. The van der Waals surface area contributed by atoms with Gasteiger partial charge < -0.3 is 4.74 Å². The number of rotatable bonds is 2. The van der Waals surface area contributed by atoms with Crippen LogP contribution in [0, 0.1) is 0 Å². The number of benzene rings is 1. The van der Waals surface area contributed by atoms with E-state index >= 15 is 0 Å². The van der Waals surface area contributed by atoms with Gasteiger partial charge in [-0.3, -0.25) is 0 Å². The van der Waals surface area contributed by atoms with E-state index in [0.717, 1.165) is 0 Å². The van der Waals surface area contributed by atoms with Gasteiger partial charge in [0.15, 0.2) is 0 Å². The second-order valence-electron chi connectivity index (χ2n) is 3.31. The number of aromatic nitrogens is 1. The molecule has 0 fully saturated rings. The lowest BCUT2D eigenvalue weighted by molar-refractivity contribution is 0.0733. The van der Waals surface area contributed by atoms with E-state index in [0.29, 0.717) is 15.2 Å². The number of pyridine rings is 1. The van der Waals surface area contributed by atoms with E-state index < -0.39 is 5.97 Å². The van der Waals surface area contributed by atoms with Crippen molar-refractivity contribution in [3.05, 3.63) is 56.7 Å². The molecule has 0 saturated heterocycles. The minimum atomic E-state index is -0.573. The molecule has 18 heavy (non-hydrogen) atoms.